The van der Waals surface area contributed by atoms with Crippen molar-refractivity contribution in [3.8, 4) is 0 Å². The first-order valence-corrected chi connectivity index (χ1v) is 6.00. The molecule has 1 rings (SSSR count). The first-order chi connectivity index (χ1) is 6.65. The summed E-state index contributed by atoms with van der Waals surface area (Å²) in [5.41, 5.74) is 7.01. The molecule has 0 unspecified atom stereocenters. The molecule has 2 N–H and O–H groups in total. The number of hydrogen-bond acceptors (Lipinski definition) is 1. The van der Waals surface area contributed by atoms with Gasteiger partial charge in [-0.3, -0.25) is 0 Å². The van der Waals surface area contributed by atoms with Crippen LogP contribution in [0.3, 0.4) is 0 Å². The Bertz CT molecular complexity index is 327. The zero-order chi connectivity index (χ0) is 10.6. The highest BCUT2D eigenvalue weighted by Gasteiger charge is 2.02. The van der Waals surface area contributed by atoms with Crippen LogP contribution in [0, 0.1) is 0 Å². The van der Waals surface area contributed by atoms with Gasteiger partial charge >= 0.3 is 0 Å². The third kappa shape index (κ3) is 3.19. The highest BCUT2D eigenvalue weighted by molar-refractivity contribution is 9.09. The molecule has 0 saturated carbocycles. The van der Waals surface area contributed by atoms with E-state index in [0.717, 1.165) is 17.3 Å². The fraction of sp³-hybridized carbons (Fsp3) is 0.200. The van der Waals surface area contributed by atoms with Crippen molar-refractivity contribution in [2.45, 2.75) is 6.42 Å². The summed E-state index contributed by atoms with van der Waals surface area (Å²) < 4.78 is 0. The number of benzene rings is 1. The molecular formula is C10H10BrCl2N. The number of hydrogen-bond donors (Lipinski definition) is 1. The second-order valence-corrected chi connectivity index (χ2v) is 4.39. The quantitative estimate of drug-likeness (QED) is 0.650. The minimum absolute atomic E-state index is 0.436. The van der Waals surface area contributed by atoms with E-state index in [9.17, 15) is 0 Å². The van der Waals surface area contributed by atoms with Crippen LogP contribution in [0.1, 0.15) is 12.0 Å². The summed E-state index contributed by atoms with van der Waals surface area (Å²) in [4.78, 5) is 0. The molecule has 4 heteroatoms. The Hall–Kier alpha value is -0.180. The maximum Gasteiger partial charge on any atom is 0.0693 e. The smallest absolute Gasteiger partial charge is 0.0693 e. The van der Waals surface area contributed by atoms with Crippen molar-refractivity contribution in [1.29, 1.82) is 0 Å². The minimum atomic E-state index is 0.436. The van der Waals surface area contributed by atoms with E-state index in [1.807, 2.05) is 12.2 Å². The lowest BCUT2D eigenvalue weighted by Crippen LogP contribution is -1.88. The molecular weight excluding hydrogens is 285 g/mol. The van der Waals surface area contributed by atoms with Crippen LogP contribution >= 0.6 is 39.1 Å². The van der Waals surface area contributed by atoms with Crippen molar-refractivity contribution in [1.82, 2.24) is 0 Å². The van der Waals surface area contributed by atoms with E-state index in [4.69, 9.17) is 28.9 Å². The van der Waals surface area contributed by atoms with Crippen molar-refractivity contribution in [3.63, 3.8) is 0 Å². The molecule has 0 aliphatic heterocycles. The third-order valence-electron chi connectivity index (χ3n) is 1.69. The van der Waals surface area contributed by atoms with Gasteiger partial charge in [-0.05, 0) is 24.1 Å². The Labute approximate surface area is 102 Å². The van der Waals surface area contributed by atoms with Crippen molar-refractivity contribution in [2.75, 3.05) is 11.1 Å². The Kier molecular flexibility index (Phi) is 4.79. The maximum atomic E-state index is 5.88. The van der Waals surface area contributed by atoms with Gasteiger partial charge < -0.3 is 5.73 Å². The number of halogens is 3. The van der Waals surface area contributed by atoms with Gasteiger partial charge in [0.05, 0.1) is 15.7 Å². The normalized spacial score (nSPS) is 11.1. The van der Waals surface area contributed by atoms with E-state index in [0.29, 0.717) is 15.7 Å². The van der Waals surface area contributed by atoms with Crippen molar-refractivity contribution in [3.05, 3.63) is 33.8 Å². The van der Waals surface area contributed by atoms with Crippen molar-refractivity contribution in [2.24, 2.45) is 0 Å². The molecule has 0 amide bonds. The largest absolute Gasteiger partial charge is 0.396 e. The molecule has 0 atom stereocenters. The highest BCUT2D eigenvalue weighted by Crippen LogP contribution is 2.29. The Balaban J connectivity index is 2.89. The Morgan fingerprint density at radius 2 is 1.86 bits per heavy atom. The topological polar surface area (TPSA) is 26.0 Å². The van der Waals surface area contributed by atoms with Crippen LogP contribution in [0.15, 0.2) is 18.2 Å². The Morgan fingerprint density at radius 3 is 2.36 bits per heavy atom. The SMILES string of the molecule is Nc1c(Cl)cc(C=CCCBr)cc1Cl. The van der Waals surface area contributed by atoms with Gasteiger partial charge in [-0.25, -0.2) is 0 Å². The van der Waals surface area contributed by atoms with Gasteiger partial charge in [0.1, 0.15) is 0 Å². The van der Waals surface area contributed by atoms with Gasteiger partial charge in [-0.15, -0.1) is 0 Å². The molecule has 0 aliphatic carbocycles. The number of rotatable bonds is 3. The summed E-state index contributed by atoms with van der Waals surface area (Å²) >= 11 is 15.1. The van der Waals surface area contributed by atoms with E-state index in [1.165, 1.54) is 0 Å². The average molecular weight is 295 g/mol. The predicted molar refractivity (Wildman–Crippen MR) is 68.3 cm³/mol. The van der Waals surface area contributed by atoms with Crippen LogP contribution < -0.4 is 5.73 Å². The molecule has 0 bridgehead atoms. The van der Waals surface area contributed by atoms with Gasteiger partial charge in [-0.2, -0.15) is 0 Å². The molecule has 1 nitrogen and oxygen atoms in total. The molecule has 76 valence electrons. The van der Waals surface area contributed by atoms with Crippen molar-refractivity contribution < 1.29 is 0 Å². The second-order valence-electron chi connectivity index (χ2n) is 2.78. The average Bonchev–Trinajstić information content (AvgIpc) is 2.14. The van der Waals surface area contributed by atoms with Crippen LogP contribution in [-0.4, -0.2) is 5.33 Å². The fourth-order valence-electron chi connectivity index (χ4n) is 0.983. The second kappa shape index (κ2) is 5.64. The number of allylic oxidation sites excluding steroid dienone is 1. The standard InChI is InChI=1S/C10H10BrCl2N/c11-4-2-1-3-7-5-8(12)10(14)9(13)6-7/h1,3,5-6H,2,4,14H2. The summed E-state index contributed by atoms with van der Waals surface area (Å²) in [5, 5.41) is 1.94. The Morgan fingerprint density at radius 1 is 1.29 bits per heavy atom. The van der Waals surface area contributed by atoms with E-state index < -0.39 is 0 Å². The number of nitrogens with two attached hydrogens (primary N) is 1. The lowest BCUT2D eigenvalue weighted by Gasteiger charge is -2.02. The summed E-state index contributed by atoms with van der Waals surface area (Å²) in [6.07, 6.45) is 4.99. The molecule has 0 fully saturated rings. The zero-order valence-corrected chi connectivity index (χ0v) is 10.5. The van der Waals surface area contributed by atoms with Crippen LogP contribution in [0.5, 0.6) is 0 Å². The molecule has 0 aromatic heterocycles. The van der Waals surface area contributed by atoms with Crippen LogP contribution in [0.25, 0.3) is 6.08 Å². The molecule has 14 heavy (non-hydrogen) atoms. The summed E-state index contributed by atoms with van der Waals surface area (Å²) in [6, 6.07) is 3.60. The monoisotopic (exact) mass is 293 g/mol. The van der Waals surface area contributed by atoms with Gasteiger partial charge in [0, 0.05) is 5.33 Å². The molecule has 0 spiro atoms. The lowest BCUT2D eigenvalue weighted by molar-refractivity contribution is 1.27. The van der Waals surface area contributed by atoms with E-state index in [-0.39, 0.29) is 0 Å². The number of nitrogen functional groups attached to an aromatic ring is 1. The van der Waals surface area contributed by atoms with Gasteiger partial charge in [0.25, 0.3) is 0 Å². The molecule has 0 aliphatic rings. The molecule has 0 heterocycles. The van der Waals surface area contributed by atoms with Gasteiger partial charge in [-0.1, -0.05) is 51.3 Å². The zero-order valence-electron chi connectivity index (χ0n) is 7.43. The fourth-order valence-corrected chi connectivity index (χ4v) is 1.75. The lowest BCUT2D eigenvalue weighted by atomic mass is 10.2. The maximum absolute atomic E-state index is 5.88. The van der Waals surface area contributed by atoms with Gasteiger partial charge in [0.15, 0.2) is 0 Å². The van der Waals surface area contributed by atoms with Crippen LogP contribution in [-0.2, 0) is 0 Å². The third-order valence-corrected chi connectivity index (χ3v) is 2.77. The van der Waals surface area contributed by atoms with Crippen molar-refractivity contribution >= 4 is 50.9 Å². The van der Waals surface area contributed by atoms with E-state index in [1.54, 1.807) is 12.1 Å². The van der Waals surface area contributed by atoms with E-state index >= 15 is 0 Å². The van der Waals surface area contributed by atoms with Gasteiger partial charge in [0.2, 0.25) is 0 Å². The number of anilines is 1. The summed E-state index contributed by atoms with van der Waals surface area (Å²) in [7, 11) is 0. The predicted octanol–water partition coefficient (Wildman–Crippen LogP) is 4.37. The first kappa shape index (κ1) is 11.9. The summed E-state index contributed by atoms with van der Waals surface area (Å²) in [5.74, 6) is 0. The molecule has 0 radical (unpaired) electrons. The minimum Gasteiger partial charge on any atom is -0.396 e. The highest BCUT2D eigenvalue weighted by atomic mass is 79.9. The first-order valence-electron chi connectivity index (χ1n) is 4.12. The molecule has 0 saturated heterocycles. The van der Waals surface area contributed by atoms with Crippen LogP contribution in [0.2, 0.25) is 10.0 Å². The summed E-state index contributed by atoms with van der Waals surface area (Å²) in [6.45, 7) is 0. The number of alkyl halides is 1. The molecule has 1 aromatic rings. The van der Waals surface area contributed by atoms with Crippen LogP contribution in [0.4, 0.5) is 5.69 Å². The van der Waals surface area contributed by atoms with E-state index in [2.05, 4.69) is 15.9 Å². The molecule has 1 aromatic carbocycles.